The molecule has 0 saturated carbocycles. The van der Waals surface area contributed by atoms with E-state index in [9.17, 15) is 24.0 Å². The number of aromatic nitrogens is 1. The van der Waals surface area contributed by atoms with Gasteiger partial charge in [0.05, 0.1) is 49.8 Å². The van der Waals surface area contributed by atoms with E-state index in [4.69, 9.17) is 19.9 Å². The van der Waals surface area contributed by atoms with Crippen LogP contribution in [0.4, 0.5) is 5.82 Å². The Morgan fingerprint density at radius 3 is 2.13 bits per heavy atom. The lowest BCUT2D eigenvalue weighted by atomic mass is 9.89. The zero-order valence-electron chi connectivity index (χ0n) is 38.6. The number of esters is 1. The van der Waals surface area contributed by atoms with E-state index in [1.165, 1.54) is 14.2 Å². The number of nitrogens with two attached hydrogens (primary N) is 1. The van der Waals surface area contributed by atoms with Gasteiger partial charge in [-0.3, -0.25) is 24.1 Å². The first-order valence-corrected chi connectivity index (χ1v) is 21.6. The summed E-state index contributed by atoms with van der Waals surface area (Å²) in [6.07, 6.45) is 2.58. The summed E-state index contributed by atoms with van der Waals surface area (Å²) < 4.78 is 17.0. The lowest BCUT2D eigenvalue weighted by molar-refractivity contribution is -0.149. The van der Waals surface area contributed by atoms with Crippen LogP contribution in [-0.4, -0.2) is 134 Å². The normalized spacial score (nSPS) is 18.1. The van der Waals surface area contributed by atoms with E-state index in [0.29, 0.717) is 38.2 Å². The lowest BCUT2D eigenvalue weighted by Crippen LogP contribution is -2.60. The second-order valence-electron chi connectivity index (χ2n) is 17.3. The smallest absolute Gasteiger partial charge is 0.328 e. The lowest BCUT2D eigenvalue weighted by Gasteiger charge is -2.41. The standard InChI is InChI=1S/C46H73N7O8/c1-13-30(6)41(52(9)45(57)39(28(2)3)50-44(56)40(29(4)5)51(8)27-33-21-22-48-37(47)25-33)36(59-10)26-38(54)53-23-17-20-35(53)42(60-11)31(7)43(55)49-34(46(58)61-12)24-32-18-15-14-16-19-32/h14-16,18-19,21-22,25,28-31,34-36,39-42H,13,17,20,23-24,26-27H2,1-12H3,(H2,47,48)(H,49,55)(H,50,56)/t30-,31+,34-,35-,36+,39-,40-,41-,42+/m0/s1. The van der Waals surface area contributed by atoms with Gasteiger partial charge in [-0.25, -0.2) is 9.78 Å². The molecule has 15 nitrogen and oxygen atoms in total. The van der Waals surface area contributed by atoms with Crippen LogP contribution in [0.25, 0.3) is 0 Å². The Morgan fingerprint density at radius 2 is 1.57 bits per heavy atom. The van der Waals surface area contributed by atoms with E-state index in [2.05, 4.69) is 15.6 Å². The maximum atomic E-state index is 14.5. The van der Waals surface area contributed by atoms with Crippen LogP contribution in [0.15, 0.2) is 48.7 Å². The van der Waals surface area contributed by atoms with Crippen molar-refractivity contribution in [3.05, 3.63) is 59.8 Å². The minimum absolute atomic E-state index is 0.0173. The maximum absolute atomic E-state index is 14.5. The highest BCUT2D eigenvalue weighted by atomic mass is 16.5. The van der Waals surface area contributed by atoms with Crippen molar-refractivity contribution in [1.82, 2.24) is 30.3 Å². The highest BCUT2D eigenvalue weighted by molar-refractivity contribution is 5.90. The molecular weight excluding hydrogens is 779 g/mol. The quantitative estimate of drug-likeness (QED) is 0.137. The number of pyridine rings is 1. The highest BCUT2D eigenvalue weighted by Gasteiger charge is 2.43. The van der Waals surface area contributed by atoms with E-state index in [0.717, 1.165) is 11.1 Å². The van der Waals surface area contributed by atoms with Crippen molar-refractivity contribution >= 4 is 35.4 Å². The van der Waals surface area contributed by atoms with Gasteiger partial charge < -0.3 is 40.4 Å². The average Bonchev–Trinajstić information content (AvgIpc) is 3.71. The van der Waals surface area contributed by atoms with Crippen LogP contribution in [0, 0.1) is 23.7 Å². The van der Waals surface area contributed by atoms with Crippen LogP contribution in [0.1, 0.15) is 85.3 Å². The third kappa shape index (κ3) is 13.7. The highest BCUT2D eigenvalue weighted by Crippen LogP contribution is 2.30. The first-order chi connectivity index (χ1) is 28.9. The van der Waals surface area contributed by atoms with Gasteiger partial charge in [0.2, 0.25) is 23.6 Å². The molecule has 1 aliphatic rings. The molecule has 4 N–H and O–H groups in total. The van der Waals surface area contributed by atoms with Crippen molar-refractivity contribution in [2.45, 2.75) is 130 Å². The zero-order chi connectivity index (χ0) is 45.6. The molecule has 0 bridgehead atoms. The van der Waals surface area contributed by atoms with Gasteiger partial charge in [-0.2, -0.15) is 0 Å². The summed E-state index contributed by atoms with van der Waals surface area (Å²) in [4.78, 5) is 78.8. The third-order valence-corrected chi connectivity index (χ3v) is 12.2. The summed E-state index contributed by atoms with van der Waals surface area (Å²) in [5, 5.41) is 5.96. The Kier molecular flexibility index (Phi) is 20.1. The molecule has 3 rings (SSSR count). The molecule has 0 unspecified atom stereocenters. The van der Waals surface area contributed by atoms with E-state index >= 15 is 0 Å². The van der Waals surface area contributed by atoms with Crippen molar-refractivity contribution in [2.75, 3.05) is 47.7 Å². The molecular formula is C46H73N7O8. The molecule has 340 valence electrons. The Balaban J connectivity index is 1.79. The van der Waals surface area contributed by atoms with Gasteiger partial charge in [0.15, 0.2) is 0 Å². The molecule has 1 aliphatic heterocycles. The van der Waals surface area contributed by atoms with Gasteiger partial charge >= 0.3 is 5.97 Å². The summed E-state index contributed by atoms with van der Waals surface area (Å²) in [6.45, 7) is 14.5. The average molecular weight is 852 g/mol. The molecule has 9 atom stereocenters. The Bertz CT molecular complexity index is 1730. The van der Waals surface area contributed by atoms with Gasteiger partial charge in [-0.15, -0.1) is 0 Å². The number of likely N-dealkylation sites (N-methyl/N-ethyl adjacent to an activating group) is 2. The van der Waals surface area contributed by atoms with Crippen LogP contribution in [0.3, 0.4) is 0 Å². The fourth-order valence-corrected chi connectivity index (χ4v) is 8.76. The predicted molar refractivity (Wildman–Crippen MR) is 236 cm³/mol. The molecule has 0 spiro atoms. The predicted octanol–water partition coefficient (Wildman–Crippen LogP) is 4.08. The number of benzene rings is 1. The molecule has 1 aromatic carbocycles. The number of hydrogen-bond donors (Lipinski definition) is 3. The Morgan fingerprint density at radius 1 is 0.902 bits per heavy atom. The summed E-state index contributed by atoms with van der Waals surface area (Å²) in [5.74, 6) is -2.34. The number of amides is 4. The third-order valence-electron chi connectivity index (χ3n) is 12.2. The van der Waals surface area contributed by atoms with Crippen LogP contribution in [-0.2, 0) is 51.1 Å². The van der Waals surface area contributed by atoms with E-state index in [-0.39, 0.29) is 54.2 Å². The van der Waals surface area contributed by atoms with Crippen molar-refractivity contribution in [1.29, 1.82) is 0 Å². The largest absolute Gasteiger partial charge is 0.467 e. The van der Waals surface area contributed by atoms with Crippen molar-refractivity contribution in [3.63, 3.8) is 0 Å². The number of rotatable bonds is 23. The number of ether oxygens (including phenoxy) is 3. The minimum Gasteiger partial charge on any atom is -0.467 e. The van der Waals surface area contributed by atoms with Crippen molar-refractivity contribution < 1.29 is 38.2 Å². The number of hydrogen-bond acceptors (Lipinski definition) is 11. The zero-order valence-corrected chi connectivity index (χ0v) is 38.6. The monoisotopic (exact) mass is 852 g/mol. The van der Waals surface area contributed by atoms with E-state index < -0.39 is 54.3 Å². The minimum atomic E-state index is -0.902. The van der Waals surface area contributed by atoms with E-state index in [1.54, 1.807) is 43.1 Å². The topological polar surface area (TPSA) is 186 Å². The number of likely N-dealkylation sites (tertiary alicyclic amines) is 1. The molecule has 1 aromatic heterocycles. The van der Waals surface area contributed by atoms with Crippen LogP contribution in [0.5, 0.6) is 0 Å². The molecule has 2 heterocycles. The first kappa shape index (κ1) is 50.8. The molecule has 1 saturated heterocycles. The van der Waals surface area contributed by atoms with E-state index in [1.807, 2.05) is 89.9 Å². The number of nitrogens with one attached hydrogen (secondary N) is 2. The second kappa shape index (κ2) is 24.1. The van der Waals surface area contributed by atoms with Crippen LogP contribution >= 0.6 is 0 Å². The van der Waals surface area contributed by atoms with Gasteiger partial charge in [0.1, 0.15) is 17.9 Å². The Labute approximate surface area is 363 Å². The second-order valence-corrected chi connectivity index (χ2v) is 17.3. The molecule has 4 amide bonds. The number of carbonyl (C=O) groups is 5. The number of nitrogen functional groups attached to an aromatic ring is 1. The first-order valence-electron chi connectivity index (χ1n) is 21.6. The summed E-state index contributed by atoms with van der Waals surface area (Å²) in [5.41, 5.74) is 7.70. The maximum Gasteiger partial charge on any atom is 0.328 e. The Hall–Kier alpha value is -4.60. The van der Waals surface area contributed by atoms with Gasteiger partial charge in [-0.1, -0.05) is 85.2 Å². The molecule has 1 fully saturated rings. The molecule has 0 radical (unpaired) electrons. The van der Waals surface area contributed by atoms with Crippen molar-refractivity contribution in [3.8, 4) is 0 Å². The summed E-state index contributed by atoms with van der Waals surface area (Å²) in [6, 6.07) is 9.82. The molecule has 2 aromatic rings. The fraction of sp³-hybridized carbons (Fsp3) is 0.652. The molecule has 61 heavy (non-hydrogen) atoms. The molecule has 15 heteroatoms. The SMILES string of the molecule is CC[C@H](C)[C@@H]([C@@H](CC(=O)N1CCC[C@H]1[C@H](OC)[C@@H](C)C(=O)N[C@@H](Cc1ccccc1)C(=O)OC)OC)N(C)C(=O)[C@@H](NC(=O)[C@H](C(C)C)N(C)Cc1ccnc(N)c1)C(C)C. The van der Waals surface area contributed by atoms with Crippen LogP contribution < -0.4 is 16.4 Å². The number of anilines is 1. The van der Waals surface area contributed by atoms with Gasteiger partial charge in [0.25, 0.3) is 0 Å². The van der Waals surface area contributed by atoms with Crippen LogP contribution in [0.2, 0.25) is 0 Å². The fourth-order valence-electron chi connectivity index (χ4n) is 8.76. The summed E-state index contributed by atoms with van der Waals surface area (Å²) in [7, 11) is 7.95. The van der Waals surface area contributed by atoms with Gasteiger partial charge in [0, 0.05) is 47.0 Å². The number of methoxy groups -OCH3 is 3. The summed E-state index contributed by atoms with van der Waals surface area (Å²) >= 11 is 0. The number of nitrogens with zero attached hydrogens (tertiary/aromatic N) is 4. The van der Waals surface area contributed by atoms with Crippen molar-refractivity contribution in [2.24, 2.45) is 23.7 Å². The van der Waals surface area contributed by atoms with Gasteiger partial charge in [-0.05, 0) is 60.9 Å². The molecule has 0 aliphatic carbocycles. The number of carbonyl (C=O) groups excluding carboxylic acids is 5.